The molecule has 0 unspecified atom stereocenters. The molecule has 0 aliphatic carbocycles. The Balaban J connectivity index is 1.57. The first kappa shape index (κ1) is 16.8. The zero-order valence-electron chi connectivity index (χ0n) is 14.7. The number of anilines is 1. The number of hydrogen-bond acceptors (Lipinski definition) is 5. The van der Waals surface area contributed by atoms with Gasteiger partial charge in [0.15, 0.2) is 11.5 Å². The number of halogens is 1. The maximum atomic E-state index is 14.3. The van der Waals surface area contributed by atoms with E-state index in [0.717, 1.165) is 5.39 Å². The molecule has 0 spiro atoms. The second kappa shape index (κ2) is 6.60. The Labute approximate surface area is 153 Å². The van der Waals surface area contributed by atoms with Gasteiger partial charge in [-0.2, -0.15) is 10.2 Å². The molecular formula is C18H16FN7O. The molecule has 1 N–H and O–H groups in total. The third-order valence-electron chi connectivity index (χ3n) is 4.06. The Kier molecular flexibility index (Phi) is 4.11. The molecule has 0 saturated carbocycles. The van der Waals surface area contributed by atoms with Crippen molar-refractivity contribution in [1.29, 1.82) is 0 Å². The minimum atomic E-state index is -0.523. The molecule has 0 saturated heterocycles. The maximum absolute atomic E-state index is 14.3. The number of fused-ring (bicyclic) bond motifs is 1. The second-order valence-corrected chi connectivity index (χ2v) is 6.28. The molecular weight excluding hydrogens is 349 g/mol. The number of nitrogens with zero attached hydrogens (tertiary/aromatic N) is 6. The summed E-state index contributed by atoms with van der Waals surface area (Å²) in [4.78, 5) is 20.6. The van der Waals surface area contributed by atoms with Crippen LogP contribution in [0.4, 0.5) is 10.1 Å². The highest BCUT2D eigenvalue weighted by Gasteiger charge is 2.13. The zero-order chi connectivity index (χ0) is 19.0. The standard InChI is InChI=1S/C18H16FN7O/c1-11(2)26-17-12(8-22-26)5-13(7-21-17)18(27)24-14-3-4-16(15(19)6-14)25-10-20-9-23-25/h3-11H,1-2H3,(H,24,27). The normalized spacial score (nSPS) is 11.3. The van der Waals surface area contributed by atoms with Gasteiger partial charge < -0.3 is 5.32 Å². The molecule has 136 valence electrons. The first-order valence-electron chi connectivity index (χ1n) is 8.32. The zero-order valence-corrected chi connectivity index (χ0v) is 14.7. The van der Waals surface area contributed by atoms with Crippen LogP contribution in [0.15, 0.2) is 49.3 Å². The van der Waals surface area contributed by atoms with E-state index >= 15 is 0 Å². The van der Waals surface area contributed by atoms with Crippen LogP contribution in [0.1, 0.15) is 30.2 Å². The summed E-state index contributed by atoms with van der Waals surface area (Å²) >= 11 is 0. The van der Waals surface area contributed by atoms with Crippen molar-refractivity contribution in [2.45, 2.75) is 19.9 Å². The molecule has 1 aromatic carbocycles. The van der Waals surface area contributed by atoms with Crippen LogP contribution in [-0.2, 0) is 0 Å². The largest absolute Gasteiger partial charge is 0.322 e. The Morgan fingerprint density at radius 2 is 2.04 bits per heavy atom. The van der Waals surface area contributed by atoms with Gasteiger partial charge in [0.25, 0.3) is 5.91 Å². The summed E-state index contributed by atoms with van der Waals surface area (Å²) in [6.07, 6.45) is 5.87. The second-order valence-electron chi connectivity index (χ2n) is 6.28. The number of aromatic nitrogens is 6. The van der Waals surface area contributed by atoms with E-state index in [-0.39, 0.29) is 17.6 Å². The van der Waals surface area contributed by atoms with E-state index in [0.29, 0.717) is 16.9 Å². The van der Waals surface area contributed by atoms with E-state index in [1.165, 1.54) is 35.7 Å². The van der Waals surface area contributed by atoms with Gasteiger partial charge in [0, 0.05) is 23.3 Å². The van der Waals surface area contributed by atoms with Crippen molar-refractivity contribution in [2.24, 2.45) is 0 Å². The van der Waals surface area contributed by atoms with Gasteiger partial charge in [-0.25, -0.2) is 23.7 Å². The topological polar surface area (TPSA) is 90.5 Å². The predicted molar refractivity (Wildman–Crippen MR) is 97.2 cm³/mol. The van der Waals surface area contributed by atoms with Gasteiger partial charge in [-0.15, -0.1) is 0 Å². The molecule has 0 fully saturated rings. The Hall–Kier alpha value is -3.62. The molecule has 1 amide bonds. The Bertz CT molecular complexity index is 1120. The SMILES string of the molecule is CC(C)n1ncc2cc(C(=O)Nc3ccc(-n4cncn4)c(F)c3)cnc21. The van der Waals surface area contributed by atoms with Gasteiger partial charge in [-0.1, -0.05) is 0 Å². The number of pyridine rings is 1. The molecule has 9 heteroatoms. The molecule has 0 aliphatic rings. The number of nitrogens with one attached hydrogen (secondary N) is 1. The van der Waals surface area contributed by atoms with E-state index in [9.17, 15) is 9.18 Å². The molecule has 8 nitrogen and oxygen atoms in total. The van der Waals surface area contributed by atoms with Crippen LogP contribution in [-0.4, -0.2) is 35.4 Å². The number of amides is 1. The summed E-state index contributed by atoms with van der Waals surface area (Å²) in [5, 5.41) is 11.6. The van der Waals surface area contributed by atoms with Crippen molar-refractivity contribution in [3.63, 3.8) is 0 Å². The Morgan fingerprint density at radius 1 is 1.19 bits per heavy atom. The van der Waals surface area contributed by atoms with E-state index in [2.05, 4.69) is 25.5 Å². The summed E-state index contributed by atoms with van der Waals surface area (Å²) in [6.45, 7) is 4.01. The smallest absolute Gasteiger partial charge is 0.257 e. The highest BCUT2D eigenvalue weighted by Crippen LogP contribution is 2.20. The summed E-state index contributed by atoms with van der Waals surface area (Å²) in [5.74, 6) is -0.903. The number of carbonyl (C=O) groups excluding carboxylic acids is 1. The van der Waals surface area contributed by atoms with Gasteiger partial charge >= 0.3 is 0 Å². The van der Waals surface area contributed by atoms with Gasteiger partial charge in [-0.3, -0.25) is 4.79 Å². The molecule has 0 bridgehead atoms. The van der Waals surface area contributed by atoms with Crippen molar-refractivity contribution in [2.75, 3.05) is 5.32 Å². The molecule has 0 radical (unpaired) electrons. The Morgan fingerprint density at radius 3 is 2.74 bits per heavy atom. The van der Waals surface area contributed by atoms with Gasteiger partial charge in [0.05, 0.1) is 11.8 Å². The van der Waals surface area contributed by atoms with Crippen LogP contribution in [0.5, 0.6) is 0 Å². The molecule has 4 aromatic rings. The average molecular weight is 365 g/mol. The summed E-state index contributed by atoms with van der Waals surface area (Å²) in [7, 11) is 0. The van der Waals surface area contributed by atoms with Crippen molar-refractivity contribution in [1.82, 2.24) is 29.5 Å². The van der Waals surface area contributed by atoms with Crippen LogP contribution in [0.25, 0.3) is 16.7 Å². The monoisotopic (exact) mass is 365 g/mol. The molecule has 3 aromatic heterocycles. The van der Waals surface area contributed by atoms with Crippen LogP contribution in [0, 0.1) is 5.82 Å². The van der Waals surface area contributed by atoms with E-state index in [4.69, 9.17) is 0 Å². The molecule has 0 atom stereocenters. The lowest BCUT2D eigenvalue weighted by atomic mass is 10.2. The lowest BCUT2D eigenvalue weighted by molar-refractivity contribution is 0.102. The molecule has 4 rings (SSSR count). The average Bonchev–Trinajstić information content (AvgIpc) is 3.31. The highest BCUT2D eigenvalue weighted by atomic mass is 19.1. The van der Waals surface area contributed by atoms with E-state index < -0.39 is 5.82 Å². The van der Waals surface area contributed by atoms with E-state index in [1.807, 2.05) is 13.8 Å². The number of benzene rings is 1. The maximum Gasteiger partial charge on any atom is 0.257 e. The van der Waals surface area contributed by atoms with Crippen molar-refractivity contribution >= 4 is 22.6 Å². The van der Waals surface area contributed by atoms with Crippen molar-refractivity contribution in [3.05, 3.63) is 60.7 Å². The first-order chi connectivity index (χ1) is 13.0. The van der Waals surface area contributed by atoms with Crippen molar-refractivity contribution < 1.29 is 9.18 Å². The third kappa shape index (κ3) is 3.14. The quantitative estimate of drug-likeness (QED) is 0.600. The fraction of sp³-hybridized carbons (Fsp3) is 0.167. The fourth-order valence-electron chi connectivity index (χ4n) is 2.75. The van der Waals surface area contributed by atoms with Crippen LogP contribution in [0.3, 0.4) is 0 Å². The number of rotatable bonds is 4. The molecule has 3 heterocycles. The van der Waals surface area contributed by atoms with Crippen molar-refractivity contribution in [3.8, 4) is 5.69 Å². The minimum absolute atomic E-state index is 0.168. The van der Waals surface area contributed by atoms with Crippen LogP contribution >= 0.6 is 0 Å². The minimum Gasteiger partial charge on any atom is -0.322 e. The highest BCUT2D eigenvalue weighted by molar-refractivity contribution is 6.05. The molecule has 0 aliphatic heterocycles. The lowest BCUT2D eigenvalue weighted by Crippen LogP contribution is -2.13. The summed E-state index contributed by atoms with van der Waals surface area (Å²) < 4.78 is 17.4. The molecule has 27 heavy (non-hydrogen) atoms. The number of hydrogen-bond donors (Lipinski definition) is 1. The fourth-order valence-corrected chi connectivity index (χ4v) is 2.75. The first-order valence-corrected chi connectivity index (χ1v) is 8.32. The lowest BCUT2D eigenvalue weighted by Gasteiger charge is -2.09. The van der Waals surface area contributed by atoms with Gasteiger partial charge in [0.1, 0.15) is 18.3 Å². The summed E-state index contributed by atoms with van der Waals surface area (Å²) in [5.41, 5.74) is 1.66. The van der Waals surface area contributed by atoms with Crippen LogP contribution in [0.2, 0.25) is 0 Å². The number of carbonyl (C=O) groups is 1. The van der Waals surface area contributed by atoms with Gasteiger partial charge in [-0.05, 0) is 38.1 Å². The summed E-state index contributed by atoms with van der Waals surface area (Å²) in [6, 6.07) is 6.23. The third-order valence-corrected chi connectivity index (χ3v) is 4.06. The van der Waals surface area contributed by atoms with Crippen LogP contribution < -0.4 is 5.32 Å². The predicted octanol–water partition coefficient (Wildman–Crippen LogP) is 2.98. The van der Waals surface area contributed by atoms with E-state index in [1.54, 1.807) is 23.0 Å². The van der Waals surface area contributed by atoms with Gasteiger partial charge in [0.2, 0.25) is 0 Å².